The molecule has 1 heterocycles. The summed E-state index contributed by atoms with van der Waals surface area (Å²) in [5.74, 6) is 0.136. The predicted molar refractivity (Wildman–Crippen MR) is 189 cm³/mol. The molecule has 2 aliphatic rings. The summed E-state index contributed by atoms with van der Waals surface area (Å²) in [6.07, 6.45) is 3.33. The molecular formula is C38H46N6O4. The van der Waals surface area contributed by atoms with Gasteiger partial charge in [0.2, 0.25) is 5.91 Å². The molecule has 5 rings (SSSR count). The zero-order valence-corrected chi connectivity index (χ0v) is 28.3. The number of aryl methyl sites for hydroxylation is 1. The molecule has 0 bridgehead atoms. The van der Waals surface area contributed by atoms with Gasteiger partial charge >= 0.3 is 6.09 Å². The maximum absolute atomic E-state index is 13.7. The SMILES string of the molecule is Cc1ccc(-c2ccc(C[C@H](CC(=O)C3CCC(CNC(=O)OC(C)(C)C)CC3)C(=O)Nc3ccc(C4=NCN=N4)cc3)cc2)cc1N. The normalized spacial score (nSPS) is 18.1. The number of nitrogens with zero attached hydrogens (tertiary/aromatic N) is 3. The number of rotatable bonds is 11. The number of carbonyl (C=O) groups is 3. The summed E-state index contributed by atoms with van der Waals surface area (Å²) < 4.78 is 5.35. The van der Waals surface area contributed by atoms with Crippen LogP contribution < -0.4 is 16.4 Å². The highest BCUT2D eigenvalue weighted by Crippen LogP contribution is 2.32. The molecule has 3 aromatic carbocycles. The Hall–Kier alpha value is -4.86. The van der Waals surface area contributed by atoms with Gasteiger partial charge in [0.25, 0.3) is 0 Å². The lowest BCUT2D eigenvalue weighted by Gasteiger charge is -2.29. The number of azo groups is 1. The van der Waals surface area contributed by atoms with Gasteiger partial charge in [-0.15, -0.1) is 5.11 Å². The highest BCUT2D eigenvalue weighted by Gasteiger charge is 2.31. The number of nitrogens with one attached hydrogen (secondary N) is 2. The largest absolute Gasteiger partial charge is 0.444 e. The topological polar surface area (TPSA) is 148 Å². The quantitative estimate of drug-likeness (QED) is 0.184. The van der Waals surface area contributed by atoms with E-state index in [-0.39, 0.29) is 24.0 Å². The van der Waals surface area contributed by atoms with Crippen molar-refractivity contribution < 1.29 is 19.1 Å². The molecule has 0 aromatic heterocycles. The van der Waals surface area contributed by atoms with Crippen molar-refractivity contribution in [2.75, 3.05) is 24.3 Å². The van der Waals surface area contributed by atoms with Crippen LogP contribution in [0, 0.1) is 24.7 Å². The maximum Gasteiger partial charge on any atom is 0.407 e. The van der Waals surface area contributed by atoms with E-state index >= 15 is 0 Å². The van der Waals surface area contributed by atoms with Crippen molar-refractivity contribution >= 4 is 35.0 Å². The minimum Gasteiger partial charge on any atom is -0.444 e. The first-order valence-corrected chi connectivity index (χ1v) is 16.7. The van der Waals surface area contributed by atoms with Crippen LogP contribution in [-0.2, 0) is 20.7 Å². The molecule has 1 saturated carbocycles. The van der Waals surface area contributed by atoms with Gasteiger partial charge in [0, 0.05) is 41.7 Å². The standard InChI is InChI=1S/C38H46N6O4/c1-24-5-10-30(20-33(24)39)27-11-6-25(7-12-27)19-31(36(46)43-32-17-15-29(16-18-32)35-41-23-42-44-35)21-34(45)28-13-8-26(9-14-28)22-40-37(47)48-38(2,3)4/h5-7,10-12,15-18,20,26,28,31H,8-9,13-14,19,21-23,39H2,1-4H3,(H,40,47)(H,43,46)/t26?,28?,31-/m1/s1. The van der Waals surface area contributed by atoms with Crippen molar-refractivity contribution in [2.24, 2.45) is 33.0 Å². The van der Waals surface area contributed by atoms with E-state index in [9.17, 15) is 14.4 Å². The third-order valence-electron chi connectivity index (χ3n) is 8.96. The van der Waals surface area contributed by atoms with Crippen LogP contribution in [0.25, 0.3) is 11.1 Å². The van der Waals surface area contributed by atoms with E-state index in [0.29, 0.717) is 37.1 Å². The molecule has 0 unspecified atom stereocenters. The fourth-order valence-corrected chi connectivity index (χ4v) is 6.16. The van der Waals surface area contributed by atoms with Gasteiger partial charge in [0.15, 0.2) is 12.5 Å². The molecule has 252 valence electrons. The number of carbonyl (C=O) groups excluding carboxylic acids is 3. The summed E-state index contributed by atoms with van der Waals surface area (Å²) in [6.45, 7) is 8.35. The van der Waals surface area contributed by atoms with E-state index in [2.05, 4.69) is 25.9 Å². The van der Waals surface area contributed by atoms with Gasteiger partial charge in [0.1, 0.15) is 11.4 Å². The van der Waals surface area contributed by atoms with E-state index in [1.165, 1.54) is 0 Å². The Morgan fingerprint density at radius 3 is 2.21 bits per heavy atom. The number of hydrogen-bond donors (Lipinski definition) is 3. The smallest absolute Gasteiger partial charge is 0.407 e. The fraction of sp³-hybridized carbons (Fsp3) is 0.421. The number of ketones is 1. The molecule has 10 heteroatoms. The van der Waals surface area contributed by atoms with Crippen LogP contribution in [0.1, 0.15) is 69.6 Å². The molecule has 0 spiro atoms. The molecule has 1 aliphatic heterocycles. The summed E-state index contributed by atoms with van der Waals surface area (Å²) in [7, 11) is 0. The van der Waals surface area contributed by atoms with Gasteiger partial charge in [-0.1, -0.05) is 36.4 Å². The molecule has 1 atom stereocenters. The van der Waals surface area contributed by atoms with Crippen LogP contribution in [0.3, 0.4) is 0 Å². The summed E-state index contributed by atoms with van der Waals surface area (Å²) in [4.78, 5) is 43.7. The summed E-state index contributed by atoms with van der Waals surface area (Å²) >= 11 is 0. The Bertz CT molecular complexity index is 1670. The second-order valence-corrected chi connectivity index (χ2v) is 13.9. The summed E-state index contributed by atoms with van der Waals surface area (Å²) in [5, 5.41) is 13.8. The molecule has 3 aromatic rings. The molecule has 0 radical (unpaired) electrons. The van der Waals surface area contributed by atoms with Crippen LogP contribution >= 0.6 is 0 Å². The number of ether oxygens (including phenoxy) is 1. The molecule has 4 N–H and O–H groups in total. The zero-order valence-electron chi connectivity index (χ0n) is 28.3. The van der Waals surface area contributed by atoms with Crippen LogP contribution in [-0.4, -0.2) is 42.4 Å². The second kappa shape index (κ2) is 15.4. The molecule has 1 fully saturated rings. The van der Waals surface area contributed by atoms with Gasteiger partial charge in [0.05, 0.1) is 0 Å². The van der Waals surface area contributed by atoms with Crippen molar-refractivity contribution in [1.82, 2.24) is 5.32 Å². The average Bonchev–Trinajstić information content (AvgIpc) is 3.60. The number of hydrogen-bond acceptors (Lipinski definition) is 8. The number of amides is 2. The monoisotopic (exact) mass is 650 g/mol. The van der Waals surface area contributed by atoms with Gasteiger partial charge in [-0.25, -0.2) is 9.79 Å². The molecule has 48 heavy (non-hydrogen) atoms. The fourth-order valence-electron chi connectivity index (χ4n) is 6.16. The Morgan fingerprint density at radius 1 is 0.917 bits per heavy atom. The maximum atomic E-state index is 13.7. The highest BCUT2D eigenvalue weighted by atomic mass is 16.6. The molecule has 0 saturated heterocycles. The van der Waals surface area contributed by atoms with Crippen molar-refractivity contribution in [3.05, 3.63) is 83.4 Å². The van der Waals surface area contributed by atoms with E-state index in [1.807, 2.05) is 94.4 Å². The van der Waals surface area contributed by atoms with Crippen LogP contribution in [0.5, 0.6) is 0 Å². The van der Waals surface area contributed by atoms with Crippen LogP contribution in [0.2, 0.25) is 0 Å². The first-order chi connectivity index (χ1) is 22.9. The predicted octanol–water partition coefficient (Wildman–Crippen LogP) is 7.50. The average molecular weight is 651 g/mol. The lowest BCUT2D eigenvalue weighted by atomic mass is 9.77. The first kappa shape index (κ1) is 34.5. The Labute approximate surface area is 282 Å². The van der Waals surface area contributed by atoms with Crippen LogP contribution in [0.15, 0.2) is 82.0 Å². The number of benzene rings is 3. The molecular weight excluding hydrogens is 604 g/mol. The lowest BCUT2D eigenvalue weighted by molar-refractivity contribution is -0.129. The molecule has 2 amide bonds. The molecule has 10 nitrogen and oxygen atoms in total. The van der Waals surface area contributed by atoms with Gasteiger partial charge < -0.3 is 21.1 Å². The van der Waals surface area contributed by atoms with E-state index in [0.717, 1.165) is 59.2 Å². The van der Waals surface area contributed by atoms with E-state index in [1.54, 1.807) is 0 Å². The summed E-state index contributed by atoms with van der Waals surface area (Å²) in [6, 6.07) is 21.5. The number of nitrogen functional groups attached to an aromatic ring is 1. The number of Topliss-reactive ketones (excluding diaryl/α,β-unsaturated/α-hetero) is 1. The number of alkyl carbamates (subject to hydrolysis) is 1. The second-order valence-electron chi connectivity index (χ2n) is 13.9. The van der Waals surface area contributed by atoms with Gasteiger partial charge in [-0.2, -0.15) is 5.11 Å². The van der Waals surface area contributed by atoms with E-state index in [4.69, 9.17) is 10.5 Å². The van der Waals surface area contributed by atoms with Crippen molar-refractivity contribution in [3.63, 3.8) is 0 Å². The van der Waals surface area contributed by atoms with Gasteiger partial charge in [-0.05, 0) is 118 Å². The minimum absolute atomic E-state index is 0.104. The first-order valence-electron chi connectivity index (χ1n) is 16.7. The van der Waals surface area contributed by atoms with Gasteiger partial charge in [-0.3, -0.25) is 9.59 Å². The Kier molecular flexibility index (Phi) is 11.0. The summed E-state index contributed by atoms with van der Waals surface area (Å²) in [5.41, 5.74) is 11.9. The van der Waals surface area contributed by atoms with Crippen molar-refractivity contribution in [2.45, 2.75) is 71.8 Å². The number of nitrogens with two attached hydrogens (primary N) is 1. The third-order valence-corrected chi connectivity index (χ3v) is 8.96. The van der Waals surface area contributed by atoms with Crippen LogP contribution in [0.4, 0.5) is 16.2 Å². The van der Waals surface area contributed by atoms with Crippen molar-refractivity contribution in [1.29, 1.82) is 0 Å². The lowest BCUT2D eigenvalue weighted by Crippen LogP contribution is -2.37. The number of amidine groups is 1. The third kappa shape index (κ3) is 9.59. The zero-order chi connectivity index (χ0) is 34.3. The molecule has 1 aliphatic carbocycles. The minimum atomic E-state index is -0.546. The Balaban J connectivity index is 1.23. The van der Waals surface area contributed by atoms with E-state index < -0.39 is 17.6 Å². The van der Waals surface area contributed by atoms with Crippen molar-refractivity contribution in [3.8, 4) is 11.1 Å². The number of anilines is 2. The Morgan fingerprint density at radius 2 is 1.58 bits per heavy atom. The number of aliphatic imine (C=N–C) groups is 1. The highest BCUT2D eigenvalue weighted by molar-refractivity contribution is 6.01.